The van der Waals surface area contributed by atoms with Crippen LogP contribution in [-0.4, -0.2) is 39.3 Å². The molecule has 0 aliphatic heterocycles. The molecule has 1 unspecified atom stereocenters. The summed E-state index contributed by atoms with van der Waals surface area (Å²) >= 11 is 1.01. The van der Waals surface area contributed by atoms with Gasteiger partial charge in [-0.05, 0) is 30.2 Å². The van der Waals surface area contributed by atoms with E-state index in [1.54, 1.807) is 0 Å². The SMILES string of the molecule is COC(=O)c1sccc1S(=O)(=O)NCC(O)C1CC1. The molecule has 19 heavy (non-hydrogen) atoms. The van der Waals surface area contributed by atoms with Crippen LogP contribution in [0.25, 0.3) is 0 Å². The number of hydrogen-bond donors (Lipinski definition) is 2. The number of thiophene rings is 1. The number of hydrogen-bond acceptors (Lipinski definition) is 6. The van der Waals surface area contributed by atoms with Crippen molar-refractivity contribution in [3.05, 3.63) is 16.3 Å². The summed E-state index contributed by atoms with van der Waals surface area (Å²) in [6, 6.07) is 1.35. The monoisotopic (exact) mass is 305 g/mol. The Balaban J connectivity index is 2.10. The Labute approximate surface area is 115 Å². The molecule has 1 aromatic heterocycles. The van der Waals surface area contributed by atoms with Gasteiger partial charge in [-0.25, -0.2) is 17.9 Å². The van der Waals surface area contributed by atoms with Crippen molar-refractivity contribution in [2.45, 2.75) is 23.8 Å². The van der Waals surface area contributed by atoms with E-state index in [9.17, 15) is 18.3 Å². The van der Waals surface area contributed by atoms with Crippen LogP contribution in [0.5, 0.6) is 0 Å². The zero-order valence-corrected chi connectivity index (χ0v) is 12.0. The lowest BCUT2D eigenvalue weighted by molar-refractivity contribution is 0.0602. The van der Waals surface area contributed by atoms with E-state index in [-0.39, 0.29) is 22.2 Å². The van der Waals surface area contributed by atoms with Gasteiger partial charge >= 0.3 is 5.97 Å². The molecule has 0 amide bonds. The molecule has 106 valence electrons. The van der Waals surface area contributed by atoms with Crippen molar-refractivity contribution in [3.63, 3.8) is 0 Å². The van der Waals surface area contributed by atoms with Crippen molar-refractivity contribution in [3.8, 4) is 0 Å². The van der Waals surface area contributed by atoms with Gasteiger partial charge in [0.15, 0.2) is 0 Å². The summed E-state index contributed by atoms with van der Waals surface area (Å²) in [6.07, 6.45) is 1.18. The number of methoxy groups -OCH3 is 1. The number of esters is 1. The highest BCUT2D eigenvalue weighted by molar-refractivity contribution is 7.89. The molecule has 1 fully saturated rings. The summed E-state index contributed by atoms with van der Waals surface area (Å²) < 4.78 is 31.0. The predicted octanol–water partition coefficient (Wildman–Crippen LogP) is 0.584. The highest BCUT2D eigenvalue weighted by Crippen LogP contribution is 2.32. The average molecular weight is 305 g/mol. The lowest BCUT2D eigenvalue weighted by Gasteiger charge is -2.11. The summed E-state index contributed by atoms with van der Waals surface area (Å²) in [5.74, 6) is -0.497. The number of nitrogens with one attached hydrogen (secondary N) is 1. The molecule has 1 aliphatic carbocycles. The second kappa shape index (κ2) is 5.58. The first-order valence-electron chi connectivity index (χ1n) is 5.79. The third-order valence-corrected chi connectivity index (χ3v) is 5.43. The van der Waals surface area contributed by atoms with Crippen LogP contribution in [0.3, 0.4) is 0 Å². The number of aliphatic hydroxyl groups is 1. The largest absolute Gasteiger partial charge is 0.465 e. The van der Waals surface area contributed by atoms with Gasteiger partial charge in [0.25, 0.3) is 0 Å². The summed E-state index contributed by atoms with van der Waals surface area (Å²) in [6.45, 7) is -0.0382. The number of ether oxygens (including phenoxy) is 1. The van der Waals surface area contributed by atoms with Crippen molar-refractivity contribution >= 4 is 27.3 Å². The molecular formula is C11H15NO5S2. The van der Waals surface area contributed by atoms with Gasteiger partial charge in [0.05, 0.1) is 13.2 Å². The predicted molar refractivity (Wildman–Crippen MR) is 69.6 cm³/mol. The maximum atomic E-state index is 12.1. The van der Waals surface area contributed by atoms with Crippen molar-refractivity contribution in [2.24, 2.45) is 5.92 Å². The minimum Gasteiger partial charge on any atom is -0.465 e. The van der Waals surface area contributed by atoms with Gasteiger partial charge in [-0.3, -0.25) is 0 Å². The van der Waals surface area contributed by atoms with Crippen molar-refractivity contribution in [1.29, 1.82) is 0 Å². The fraction of sp³-hybridized carbons (Fsp3) is 0.545. The van der Waals surface area contributed by atoms with Crippen LogP contribution in [0, 0.1) is 5.92 Å². The second-order valence-electron chi connectivity index (χ2n) is 4.36. The van der Waals surface area contributed by atoms with Gasteiger partial charge in [-0.2, -0.15) is 0 Å². The Bertz CT molecular complexity index is 561. The second-order valence-corrected chi connectivity index (χ2v) is 7.01. The Morgan fingerprint density at radius 2 is 2.32 bits per heavy atom. The normalized spacial score (nSPS) is 17.2. The zero-order valence-electron chi connectivity index (χ0n) is 10.3. The minimum atomic E-state index is -3.80. The third kappa shape index (κ3) is 3.33. The van der Waals surface area contributed by atoms with Crippen molar-refractivity contribution in [2.75, 3.05) is 13.7 Å². The molecule has 1 saturated carbocycles. The van der Waals surface area contributed by atoms with Crippen molar-refractivity contribution in [1.82, 2.24) is 4.72 Å². The first-order valence-corrected chi connectivity index (χ1v) is 8.15. The Hall–Kier alpha value is -0.960. The standard InChI is InChI=1S/C11H15NO5S2/c1-17-11(14)10-9(4-5-18-10)19(15,16)12-6-8(13)7-2-3-7/h4-5,7-8,12-13H,2-3,6H2,1H3. The van der Waals surface area contributed by atoms with Gasteiger partial charge < -0.3 is 9.84 Å². The lowest BCUT2D eigenvalue weighted by Crippen LogP contribution is -2.33. The fourth-order valence-electron chi connectivity index (χ4n) is 1.67. The average Bonchev–Trinajstić information content (AvgIpc) is 3.11. The summed E-state index contributed by atoms with van der Waals surface area (Å²) in [5, 5.41) is 11.2. The number of carbonyl (C=O) groups excluding carboxylic acids is 1. The maximum absolute atomic E-state index is 12.1. The molecule has 0 radical (unpaired) electrons. The van der Waals surface area contributed by atoms with Gasteiger partial charge in [0, 0.05) is 6.54 Å². The molecule has 1 heterocycles. The van der Waals surface area contributed by atoms with E-state index >= 15 is 0 Å². The Morgan fingerprint density at radius 3 is 2.89 bits per heavy atom. The quantitative estimate of drug-likeness (QED) is 0.750. The third-order valence-electron chi connectivity index (χ3n) is 2.94. The van der Waals surface area contributed by atoms with Crippen LogP contribution in [0.2, 0.25) is 0 Å². The highest BCUT2D eigenvalue weighted by Gasteiger charge is 2.31. The van der Waals surface area contributed by atoms with E-state index in [1.165, 1.54) is 18.6 Å². The van der Waals surface area contributed by atoms with Gasteiger partial charge in [0.1, 0.15) is 9.77 Å². The van der Waals surface area contributed by atoms with Crippen LogP contribution >= 0.6 is 11.3 Å². The van der Waals surface area contributed by atoms with Crippen LogP contribution in [-0.2, 0) is 14.8 Å². The van der Waals surface area contributed by atoms with E-state index in [2.05, 4.69) is 9.46 Å². The molecule has 1 aromatic rings. The number of rotatable bonds is 6. The topological polar surface area (TPSA) is 92.7 Å². The number of sulfonamides is 1. The summed E-state index contributed by atoms with van der Waals surface area (Å²) in [5.41, 5.74) is 0. The highest BCUT2D eigenvalue weighted by atomic mass is 32.2. The number of aliphatic hydroxyl groups excluding tert-OH is 1. The van der Waals surface area contributed by atoms with E-state index < -0.39 is 22.1 Å². The molecule has 1 aliphatic rings. The molecule has 6 nitrogen and oxygen atoms in total. The minimum absolute atomic E-state index is 0.0379. The van der Waals surface area contributed by atoms with E-state index in [1.807, 2.05) is 0 Å². The molecule has 1 atom stereocenters. The molecule has 0 bridgehead atoms. The number of carbonyl (C=O) groups is 1. The van der Waals surface area contributed by atoms with Crippen LogP contribution in [0.1, 0.15) is 22.5 Å². The van der Waals surface area contributed by atoms with Crippen LogP contribution in [0.4, 0.5) is 0 Å². The Morgan fingerprint density at radius 1 is 1.63 bits per heavy atom. The summed E-state index contributed by atoms with van der Waals surface area (Å²) in [7, 11) is -2.61. The van der Waals surface area contributed by atoms with Crippen LogP contribution < -0.4 is 4.72 Å². The molecule has 8 heteroatoms. The molecule has 2 N–H and O–H groups in total. The smallest absolute Gasteiger partial charge is 0.349 e. The molecule has 0 saturated heterocycles. The van der Waals surface area contributed by atoms with Crippen molar-refractivity contribution < 1.29 is 23.1 Å². The molecule has 0 aromatic carbocycles. The molecular weight excluding hydrogens is 290 g/mol. The zero-order chi connectivity index (χ0) is 14.0. The van der Waals surface area contributed by atoms with Gasteiger partial charge in [-0.1, -0.05) is 0 Å². The van der Waals surface area contributed by atoms with Crippen LogP contribution in [0.15, 0.2) is 16.3 Å². The van der Waals surface area contributed by atoms with E-state index in [0.717, 1.165) is 24.2 Å². The molecule has 2 rings (SSSR count). The maximum Gasteiger partial charge on any atom is 0.349 e. The molecule has 0 spiro atoms. The van der Waals surface area contributed by atoms with Gasteiger partial charge in [-0.15, -0.1) is 11.3 Å². The lowest BCUT2D eigenvalue weighted by atomic mass is 10.2. The summed E-state index contributed by atoms with van der Waals surface area (Å²) in [4.78, 5) is 11.4. The fourth-order valence-corrected chi connectivity index (χ4v) is 4.05. The Kier molecular flexibility index (Phi) is 4.24. The first kappa shape index (κ1) is 14.4. The van der Waals surface area contributed by atoms with E-state index in [4.69, 9.17) is 0 Å². The first-order chi connectivity index (χ1) is 8.95. The van der Waals surface area contributed by atoms with Gasteiger partial charge in [0.2, 0.25) is 10.0 Å². The van der Waals surface area contributed by atoms with E-state index in [0.29, 0.717) is 0 Å².